The second-order valence-electron chi connectivity index (χ2n) is 6.85. The maximum absolute atomic E-state index is 12.7. The number of oxime groups is 1. The molecule has 0 atom stereocenters. The number of fused-ring (bicyclic) bond motifs is 1. The fourth-order valence-corrected chi connectivity index (χ4v) is 3.55. The molecule has 3 rings (SSSR count). The number of esters is 1. The molecule has 0 heterocycles. The van der Waals surface area contributed by atoms with Crippen LogP contribution >= 0.6 is 0 Å². The third-order valence-electron chi connectivity index (χ3n) is 4.85. The first-order chi connectivity index (χ1) is 15.6. The molecule has 0 unspecified atom stereocenters. The topological polar surface area (TPSA) is 75.6 Å². The van der Waals surface area contributed by atoms with E-state index in [4.69, 9.17) is 23.8 Å². The van der Waals surface area contributed by atoms with Gasteiger partial charge in [-0.25, -0.2) is 4.79 Å². The molecule has 0 amide bonds. The number of benzene rings is 3. The Bertz CT molecular complexity index is 1090. The van der Waals surface area contributed by atoms with Gasteiger partial charge in [0, 0.05) is 18.1 Å². The summed E-state index contributed by atoms with van der Waals surface area (Å²) in [5.41, 5.74) is 2.71. The minimum absolute atomic E-state index is 0.0430. The lowest BCUT2D eigenvalue weighted by molar-refractivity contribution is -0.135. The zero-order valence-corrected chi connectivity index (χ0v) is 18.7. The van der Waals surface area contributed by atoms with Crippen LogP contribution in [0.25, 0.3) is 10.8 Å². The van der Waals surface area contributed by atoms with E-state index in [0.717, 1.165) is 21.9 Å². The van der Waals surface area contributed by atoms with Crippen LogP contribution in [0.3, 0.4) is 0 Å². The van der Waals surface area contributed by atoms with Gasteiger partial charge in [0.25, 0.3) is 0 Å². The Morgan fingerprint density at radius 3 is 2.44 bits per heavy atom. The smallest absolute Gasteiger partial charge is 0.361 e. The lowest BCUT2D eigenvalue weighted by atomic mass is 9.93. The number of carbonyl (C=O) groups is 1. The molecule has 0 aliphatic carbocycles. The first-order valence-electron chi connectivity index (χ1n) is 10.2. The maximum atomic E-state index is 12.7. The predicted molar refractivity (Wildman–Crippen MR) is 122 cm³/mol. The highest BCUT2D eigenvalue weighted by molar-refractivity contribution is 6.45. The molecular weight excluding hydrogens is 410 g/mol. The van der Waals surface area contributed by atoms with Gasteiger partial charge in [-0.1, -0.05) is 53.7 Å². The van der Waals surface area contributed by atoms with Crippen LogP contribution in [0.4, 0.5) is 0 Å². The number of hydrogen-bond acceptors (Lipinski definition) is 7. The van der Waals surface area contributed by atoms with Crippen molar-refractivity contribution < 1.29 is 28.6 Å². The minimum atomic E-state index is -0.586. The molecule has 0 spiro atoms. The summed E-state index contributed by atoms with van der Waals surface area (Å²) >= 11 is 0. The molecule has 168 valence electrons. The summed E-state index contributed by atoms with van der Waals surface area (Å²) in [5.74, 6) is 0.384. The molecule has 3 aromatic rings. The summed E-state index contributed by atoms with van der Waals surface area (Å²) in [6.45, 7) is 1.99. The van der Waals surface area contributed by atoms with Gasteiger partial charge >= 0.3 is 5.97 Å². The Morgan fingerprint density at radius 2 is 1.78 bits per heavy atom. The largest absolute Gasteiger partial charge is 0.493 e. The Hall–Kier alpha value is -3.58. The van der Waals surface area contributed by atoms with Crippen LogP contribution in [0, 0.1) is 0 Å². The van der Waals surface area contributed by atoms with Crippen LogP contribution < -0.4 is 9.47 Å². The number of rotatable bonds is 10. The quantitative estimate of drug-likeness (QED) is 0.203. The predicted octanol–water partition coefficient (Wildman–Crippen LogP) is 4.34. The minimum Gasteiger partial charge on any atom is -0.493 e. The molecule has 0 aromatic heterocycles. The van der Waals surface area contributed by atoms with Crippen LogP contribution in [-0.2, 0) is 25.5 Å². The van der Waals surface area contributed by atoms with Crippen molar-refractivity contribution in [1.82, 2.24) is 0 Å². The third kappa shape index (κ3) is 5.00. The molecular formula is C25H27NO6. The van der Waals surface area contributed by atoms with Gasteiger partial charge < -0.3 is 23.8 Å². The third-order valence-corrected chi connectivity index (χ3v) is 4.85. The maximum Gasteiger partial charge on any atom is 0.361 e. The highest BCUT2D eigenvalue weighted by atomic mass is 16.7. The zero-order chi connectivity index (χ0) is 22.9. The highest BCUT2D eigenvalue weighted by Crippen LogP contribution is 2.41. The molecule has 0 N–H and O–H groups in total. The van der Waals surface area contributed by atoms with Gasteiger partial charge in [0.15, 0.2) is 24.0 Å². The normalized spacial score (nSPS) is 11.3. The van der Waals surface area contributed by atoms with Crippen LogP contribution in [0.5, 0.6) is 11.5 Å². The number of methoxy groups -OCH3 is 2. The molecule has 0 fully saturated rings. The van der Waals surface area contributed by atoms with E-state index < -0.39 is 5.97 Å². The average molecular weight is 437 g/mol. The Morgan fingerprint density at radius 1 is 1.00 bits per heavy atom. The van der Waals surface area contributed by atoms with Crippen LogP contribution in [0.15, 0.2) is 59.8 Å². The summed E-state index contributed by atoms with van der Waals surface area (Å²) in [5, 5.41) is 5.53. The van der Waals surface area contributed by atoms with E-state index in [1.807, 2.05) is 36.4 Å². The summed E-state index contributed by atoms with van der Waals surface area (Å²) in [7, 11) is 4.48. The van der Waals surface area contributed by atoms with Crippen molar-refractivity contribution in [2.75, 3.05) is 34.7 Å². The standard InChI is InChI=1S/C25H27NO6/c1-5-31-25(27)23(26-30-4)20-15-21(29-3)24(32-16-28-2)22-18(12-9-13-19(20)22)14-17-10-7-6-8-11-17/h6-13,15H,5,14,16H2,1-4H3/b26-23-. The molecule has 0 saturated heterocycles. The van der Waals surface area contributed by atoms with E-state index in [1.165, 1.54) is 7.11 Å². The first-order valence-corrected chi connectivity index (χ1v) is 10.2. The molecule has 7 nitrogen and oxygen atoms in total. The molecule has 0 bridgehead atoms. The summed E-state index contributed by atoms with van der Waals surface area (Å²) < 4.78 is 21.9. The van der Waals surface area contributed by atoms with Gasteiger partial charge in [0.05, 0.1) is 13.7 Å². The Labute approximate surface area is 187 Å². The molecule has 0 saturated carbocycles. The number of ether oxygens (including phenoxy) is 4. The summed E-state index contributed by atoms with van der Waals surface area (Å²) in [6.07, 6.45) is 0.657. The molecule has 3 aromatic carbocycles. The lowest BCUT2D eigenvalue weighted by Crippen LogP contribution is -2.20. The van der Waals surface area contributed by atoms with E-state index in [1.54, 1.807) is 27.2 Å². The van der Waals surface area contributed by atoms with Gasteiger partial charge in [0.2, 0.25) is 0 Å². The second kappa shape index (κ2) is 11.2. The van der Waals surface area contributed by atoms with Gasteiger partial charge in [0.1, 0.15) is 7.11 Å². The fraction of sp³-hybridized carbons (Fsp3) is 0.280. The van der Waals surface area contributed by atoms with E-state index in [9.17, 15) is 4.79 Å². The average Bonchev–Trinajstić information content (AvgIpc) is 2.81. The van der Waals surface area contributed by atoms with Crippen molar-refractivity contribution in [3.63, 3.8) is 0 Å². The Balaban J connectivity index is 2.31. The van der Waals surface area contributed by atoms with Gasteiger partial charge in [-0.2, -0.15) is 0 Å². The van der Waals surface area contributed by atoms with Crippen molar-refractivity contribution >= 4 is 22.5 Å². The highest BCUT2D eigenvalue weighted by Gasteiger charge is 2.25. The number of carbonyl (C=O) groups excluding carboxylic acids is 1. The SMILES string of the molecule is CCOC(=O)/C(=N\OC)c1cc(OC)c(OCOC)c2c(Cc3ccccc3)cccc12. The van der Waals surface area contributed by atoms with Crippen LogP contribution in [0.1, 0.15) is 23.6 Å². The van der Waals surface area contributed by atoms with Gasteiger partial charge in [-0.05, 0) is 35.9 Å². The van der Waals surface area contributed by atoms with E-state index in [0.29, 0.717) is 23.5 Å². The number of hydrogen-bond donors (Lipinski definition) is 0. The first kappa shape index (κ1) is 23.1. The second-order valence-corrected chi connectivity index (χ2v) is 6.85. The van der Waals surface area contributed by atoms with E-state index in [-0.39, 0.29) is 19.1 Å². The zero-order valence-electron chi connectivity index (χ0n) is 18.7. The molecule has 0 aliphatic heterocycles. The van der Waals surface area contributed by atoms with Crippen molar-refractivity contribution in [2.24, 2.45) is 5.16 Å². The van der Waals surface area contributed by atoms with E-state index in [2.05, 4.69) is 17.3 Å². The summed E-state index contributed by atoms with van der Waals surface area (Å²) in [6, 6.07) is 17.7. The molecule has 0 aliphatic rings. The van der Waals surface area contributed by atoms with Gasteiger partial charge in [-0.3, -0.25) is 0 Å². The van der Waals surface area contributed by atoms with Crippen molar-refractivity contribution in [3.05, 3.63) is 71.3 Å². The van der Waals surface area contributed by atoms with Crippen molar-refractivity contribution in [3.8, 4) is 11.5 Å². The molecule has 0 radical (unpaired) electrons. The molecule has 32 heavy (non-hydrogen) atoms. The van der Waals surface area contributed by atoms with Crippen molar-refractivity contribution in [2.45, 2.75) is 13.3 Å². The molecule has 7 heteroatoms. The number of nitrogens with zero attached hydrogens (tertiary/aromatic N) is 1. The van der Waals surface area contributed by atoms with Crippen LogP contribution in [0.2, 0.25) is 0 Å². The van der Waals surface area contributed by atoms with Crippen molar-refractivity contribution in [1.29, 1.82) is 0 Å². The monoisotopic (exact) mass is 437 g/mol. The fourth-order valence-electron chi connectivity index (χ4n) is 3.55. The van der Waals surface area contributed by atoms with Gasteiger partial charge in [-0.15, -0.1) is 0 Å². The van der Waals surface area contributed by atoms with E-state index >= 15 is 0 Å². The Kier molecular flexibility index (Phi) is 8.05. The van der Waals surface area contributed by atoms with Crippen LogP contribution in [-0.4, -0.2) is 46.4 Å². The lowest BCUT2D eigenvalue weighted by Gasteiger charge is -2.19. The summed E-state index contributed by atoms with van der Waals surface area (Å²) in [4.78, 5) is 17.6.